The van der Waals surface area contributed by atoms with Gasteiger partial charge < -0.3 is 14.2 Å². The Bertz CT molecular complexity index is 854. The lowest BCUT2D eigenvalue weighted by Crippen LogP contribution is -2.38. The molecule has 3 aromatic rings. The Morgan fingerprint density at radius 1 is 1.12 bits per heavy atom. The minimum Gasteiger partial charge on any atom is -0.461 e. The van der Waals surface area contributed by atoms with Gasteiger partial charge in [-0.1, -0.05) is 18.2 Å². The van der Waals surface area contributed by atoms with E-state index in [0.717, 1.165) is 42.7 Å². The highest BCUT2D eigenvalue weighted by Gasteiger charge is 2.23. The molecule has 0 bridgehead atoms. The number of nitrogens with zero attached hydrogens (tertiary/aromatic N) is 4. The van der Waals surface area contributed by atoms with Gasteiger partial charge in [0, 0.05) is 43.8 Å². The Balaban J connectivity index is 1.32. The first-order valence-electron chi connectivity index (χ1n) is 8.55. The largest absolute Gasteiger partial charge is 0.461 e. The molecule has 0 amide bonds. The summed E-state index contributed by atoms with van der Waals surface area (Å²) < 4.78 is 7.61. The van der Waals surface area contributed by atoms with E-state index in [4.69, 9.17) is 4.74 Å². The zero-order valence-electron chi connectivity index (χ0n) is 13.9. The summed E-state index contributed by atoms with van der Waals surface area (Å²) in [6, 6.07) is 13.9. The Kier molecular flexibility index (Phi) is 4.33. The number of hydrogen-bond acceptors (Lipinski definition) is 5. The van der Waals surface area contributed by atoms with Crippen LogP contribution >= 0.6 is 0 Å². The van der Waals surface area contributed by atoms with Gasteiger partial charge in [-0.25, -0.2) is 0 Å². The van der Waals surface area contributed by atoms with Gasteiger partial charge in [-0.3, -0.25) is 4.79 Å². The fourth-order valence-electron chi connectivity index (χ4n) is 3.31. The minimum atomic E-state index is -0.181. The smallest absolute Gasteiger partial charge is 0.326 e. The van der Waals surface area contributed by atoms with Gasteiger partial charge in [-0.2, -0.15) is 5.10 Å². The number of para-hydroxylation sites is 1. The van der Waals surface area contributed by atoms with Gasteiger partial charge in [-0.15, -0.1) is 5.10 Å². The van der Waals surface area contributed by atoms with Crippen LogP contribution in [0.2, 0.25) is 0 Å². The van der Waals surface area contributed by atoms with Crippen molar-refractivity contribution < 1.29 is 9.53 Å². The van der Waals surface area contributed by atoms with Crippen LogP contribution in [0.4, 0.5) is 5.82 Å². The van der Waals surface area contributed by atoms with E-state index >= 15 is 0 Å². The van der Waals surface area contributed by atoms with Crippen LogP contribution in [-0.4, -0.2) is 39.9 Å². The molecule has 0 radical (unpaired) electrons. The van der Waals surface area contributed by atoms with Crippen molar-refractivity contribution in [3.05, 3.63) is 54.9 Å². The molecule has 0 aliphatic carbocycles. The molecule has 1 aliphatic rings. The van der Waals surface area contributed by atoms with E-state index in [1.807, 2.05) is 53.2 Å². The number of benzene rings is 1. The number of anilines is 1. The third kappa shape index (κ3) is 3.47. The van der Waals surface area contributed by atoms with Gasteiger partial charge in [0.2, 0.25) is 0 Å². The van der Waals surface area contributed by atoms with Gasteiger partial charge in [0.05, 0.1) is 0 Å². The number of rotatable bonds is 4. The van der Waals surface area contributed by atoms with Crippen molar-refractivity contribution in [1.29, 1.82) is 0 Å². The van der Waals surface area contributed by atoms with E-state index in [1.165, 1.54) is 0 Å². The van der Waals surface area contributed by atoms with Crippen LogP contribution in [0.1, 0.15) is 12.8 Å². The van der Waals surface area contributed by atoms with Crippen molar-refractivity contribution >= 4 is 22.7 Å². The fourth-order valence-corrected chi connectivity index (χ4v) is 3.31. The quantitative estimate of drug-likeness (QED) is 0.686. The normalized spacial score (nSPS) is 15.4. The van der Waals surface area contributed by atoms with E-state index in [1.54, 1.807) is 6.20 Å². The molecule has 1 fully saturated rings. The first-order chi connectivity index (χ1) is 12.3. The molecule has 0 spiro atoms. The number of carbonyl (C=O) groups is 1. The molecule has 6 nitrogen and oxygen atoms in total. The monoisotopic (exact) mass is 336 g/mol. The summed E-state index contributed by atoms with van der Waals surface area (Å²) >= 11 is 0. The highest BCUT2D eigenvalue weighted by atomic mass is 16.5. The minimum absolute atomic E-state index is 0.0257. The Labute approximate surface area is 146 Å². The van der Waals surface area contributed by atoms with Crippen LogP contribution in [0.3, 0.4) is 0 Å². The second kappa shape index (κ2) is 6.93. The second-order valence-electron chi connectivity index (χ2n) is 6.26. The maximum Gasteiger partial charge on any atom is 0.326 e. The Morgan fingerprint density at radius 2 is 1.96 bits per heavy atom. The molecule has 0 atom stereocenters. The average molecular weight is 336 g/mol. The zero-order chi connectivity index (χ0) is 17.1. The van der Waals surface area contributed by atoms with E-state index in [-0.39, 0.29) is 18.6 Å². The standard InChI is InChI=1S/C19H20N4O2/c24-19(14-23-11-7-15-4-1-2-5-17(15)23)25-16-8-12-22(13-9-16)18-6-3-10-20-21-18/h1-7,10-11,16H,8-9,12-14H2. The van der Waals surface area contributed by atoms with Gasteiger partial charge in [0.15, 0.2) is 5.82 Å². The third-order valence-electron chi connectivity index (χ3n) is 4.60. The number of fused-ring (bicyclic) bond motifs is 1. The molecular formula is C19H20N4O2. The van der Waals surface area contributed by atoms with Crippen molar-refractivity contribution in [2.24, 2.45) is 0 Å². The first kappa shape index (κ1) is 15.6. The van der Waals surface area contributed by atoms with E-state index < -0.39 is 0 Å². The molecule has 6 heteroatoms. The first-order valence-corrected chi connectivity index (χ1v) is 8.55. The van der Waals surface area contributed by atoms with Crippen molar-refractivity contribution in [3.63, 3.8) is 0 Å². The highest BCUT2D eigenvalue weighted by molar-refractivity contribution is 5.81. The lowest BCUT2D eigenvalue weighted by molar-refractivity contribution is -0.150. The van der Waals surface area contributed by atoms with Crippen LogP contribution in [0, 0.1) is 0 Å². The van der Waals surface area contributed by atoms with Crippen molar-refractivity contribution in [2.45, 2.75) is 25.5 Å². The molecule has 128 valence electrons. The predicted molar refractivity (Wildman–Crippen MR) is 95.3 cm³/mol. The summed E-state index contributed by atoms with van der Waals surface area (Å²) in [6.45, 7) is 1.89. The Hall–Kier alpha value is -2.89. The third-order valence-corrected chi connectivity index (χ3v) is 4.60. The van der Waals surface area contributed by atoms with Gasteiger partial charge in [0.25, 0.3) is 0 Å². The van der Waals surface area contributed by atoms with Gasteiger partial charge in [0.1, 0.15) is 12.6 Å². The molecular weight excluding hydrogens is 316 g/mol. The van der Waals surface area contributed by atoms with Gasteiger partial charge >= 0.3 is 5.97 Å². The molecule has 0 saturated carbocycles. The zero-order valence-corrected chi connectivity index (χ0v) is 13.9. The molecule has 1 saturated heterocycles. The van der Waals surface area contributed by atoms with Crippen LogP contribution < -0.4 is 4.90 Å². The van der Waals surface area contributed by atoms with Crippen LogP contribution in [0.15, 0.2) is 54.9 Å². The molecule has 1 aromatic carbocycles. The van der Waals surface area contributed by atoms with E-state index in [2.05, 4.69) is 15.1 Å². The van der Waals surface area contributed by atoms with Crippen LogP contribution in [0.25, 0.3) is 10.9 Å². The Morgan fingerprint density at radius 3 is 2.76 bits per heavy atom. The van der Waals surface area contributed by atoms with Crippen molar-refractivity contribution in [2.75, 3.05) is 18.0 Å². The summed E-state index contributed by atoms with van der Waals surface area (Å²) in [5.41, 5.74) is 1.05. The fraction of sp³-hybridized carbons (Fsp3) is 0.316. The molecule has 0 N–H and O–H groups in total. The van der Waals surface area contributed by atoms with Crippen LogP contribution in [-0.2, 0) is 16.1 Å². The SMILES string of the molecule is O=C(Cn1ccc2ccccc21)OC1CCN(c2cccnn2)CC1. The molecule has 25 heavy (non-hydrogen) atoms. The second-order valence-corrected chi connectivity index (χ2v) is 6.26. The summed E-state index contributed by atoms with van der Waals surface area (Å²) in [6.07, 6.45) is 5.21. The number of carbonyl (C=O) groups excluding carboxylic acids is 1. The van der Waals surface area contributed by atoms with Crippen molar-refractivity contribution in [3.8, 4) is 0 Å². The highest BCUT2D eigenvalue weighted by Crippen LogP contribution is 2.20. The van der Waals surface area contributed by atoms with Crippen LogP contribution in [0.5, 0.6) is 0 Å². The average Bonchev–Trinajstić information content (AvgIpc) is 3.06. The number of piperidine rings is 1. The number of ether oxygens (including phenoxy) is 1. The lowest BCUT2D eigenvalue weighted by Gasteiger charge is -2.32. The predicted octanol–water partition coefficient (Wildman–Crippen LogP) is 2.64. The molecule has 0 unspecified atom stereocenters. The van der Waals surface area contributed by atoms with Crippen molar-refractivity contribution in [1.82, 2.24) is 14.8 Å². The van der Waals surface area contributed by atoms with Gasteiger partial charge in [-0.05, 0) is 29.7 Å². The summed E-state index contributed by atoms with van der Waals surface area (Å²) in [7, 11) is 0. The summed E-state index contributed by atoms with van der Waals surface area (Å²) in [5.74, 6) is 0.699. The summed E-state index contributed by atoms with van der Waals surface area (Å²) in [4.78, 5) is 14.5. The maximum absolute atomic E-state index is 12.3. The number of aromatic nitrogens is 3. The number of hydrogen-bond donors (Lipinski definition) is 0. The molecule has 4 rings (SSSR count). The molecule has 3 heterocycles. The molecule has 1 aliphatic heterocycles. The van der Waals surface area contributed by atoms with E-state index in [9.17, 15) is 4.79 Å². The topological polar surface area (TPSA) is 60.2 Å². The maximum atomic E-state index is 12.3. The lowest BCUT2D eigenvalue weighted by atomic mass is 10.1. The number of esters is 1. The summed E-state index contributed by atoms with van der Waals surface area (Å²) in [5, 5.41) is 9.18. The molecule has 2 aromatic heterocycles. The van der Waals surface area contributed by atoms with E-state index in [0.29, 0.717) is 0 Å².